The monoisotopic (exact) mass is 405 g/mol. The summed E-state index contributed by atoms with van der Waals surface area (Å²) in [6.45, 7) is 1.79. The van der Waals surface area contributed by atoms with E-state index in [4.69, 9.17) is 9.47 Å². The number of benzene rings is 1. The Morgan fingerprint density at radius 2 is 1.86 bits per heavy atom. The van der Waals surface area contributed by atoms with E-state index in [1.54, 1.807) is 12.3 Å². The minimum Gasteiger partial charge on any atom is -0.481 e. The molecule has 2 aromatic rings. The summed E-state index contributed by atoms with van der Waals surface area (Å²) in [4.78, 5) is 10.7. The van der Waals surface area contributed by atoms with Crippen molar-refractivity contribution in [2.75, 3.05) is 27.3 Å². The zero-order chi connectivity index (χ0) is 20.6. The Kier molecular flexibility index (Phi) is 5.40. The molecule has 8 heteroatoms. The van der Waals surface area contributed by atoms with Crippen LogP contribution in [0.1, 0.15) is 30.4 Å². The van der Waals surface area contributed by atoms with Gasteiger partial charge >= 0.3 is 6.01 Å². The number of hydrogen-bond acceptors (Lipinski definition) is 6. The van der Waals surface area contributed by atoms with Crippen LogP contribution in [-0.4, -0.2) is 47.3 Å². The highest BCUT2D eigenvalue weighted by Crippen LogP contribution is 2.51. The highest BCUT2D eigenvalue weighted by Gasteiger charge is 2.53. The predicted molar refractivity (Wildman–Crippen MR) is 101 cm³/mol. The smallest absolute Gasteiger partial charge is 0.319 e. The first-order chi connectivity index (χ1) is 14.0. The molecule has 0 radical (unpaired) electrons. The number of aromatic nitrogens is 2. The van der Waals surface area contributed by atoms with Gasteiger partial charge < -0.3 is 14.6 Å². The Balaban J connectivity index is 1.60. The third-order valence-electron chi connectivity index (χ3n) is 6.24. The van der Waals surface area contributed by atoms with E-state index < -0.39 is 17.2 Å². The molecular formula is C21H25F2N3O3. The fourth-order valence-corrected chi connectivity index (χ4v) is 4.89. The Morgan fingerprint density at radius 3 is 2.48 bits per heavy atom. The van der Waals surface area contributed by atoms with Gasteiger partial charge in [-0.25, -0.2) is 13.8 Å². The third-order valence-corrected chi connectivity index (χ3v) is 6.24. The van der Waals surface area contributed by atoms with Crippen LogP contribution < -0.4 is 9.47 Å². The maximum atomic E-state index is 13.6. The lowest BCUT2D eigenvalue weighted by Gasteiger charge is -2.53. The van der Waals surface area contributed by atoms with Crippen LogP contribution in [0.4, 0.5) is 8.78 Å². The van der Waals surface area contributed by atoms with E-state index in [1.807, 2.05) is 0 Å². The van der Waals surface area contributed by atoms with Gasteiger partial charge in [0.25, 0.3) is 0 Å². The number of rotatable bonds is 5. The Bertz CT molecular complexity index is 881. The fraction of sp³-hybridized carbons (Fsp3) is 0.524. The van der Waals surface area contributed by atoms with Gasteiger partial charge in [0.15, 0.2) is 11.6 Å². The Hall–Kier alpha value is -2.32. The van der Waals surface area contributed by atoms with Crippen molar-refractivity contribution in [2.24, 2.45) is 11.8 Å². The van der Waals surface area contributed by atoms with Gasteiger partial charge in [-0.15, -0.1) is 0 Å². The van der Waals surface area contributed by atoms with Crippen LogP contribution >= 0.6 is 0 Å². The molecule has 0 amide bonds. The van der Waals surface area contributed by atoms with E-state index in [-0.39, 0.29) is 17.8 Å². The molecule has 2 heterocycles. The first-order valence-electron chi connectivity index (χ1n) is 9.79. The fourth-order valence-electron chi connectivity index (χ4n) is 4.89. The summed E-state index contributed by atoms with van der Waals surface area (Å²) in [7, 11) is 3.00. The first kappa shape index (κ1) is 20.0. The highest BCUT2D eigenvalue weighted by atomic mass is 19.2. The van der Waals surface area contributed by atoms with Gasteiger partial charge in [0.2, 0.25) is 5.88 Å². The van der Waals surface area contributed by atoms with Crippen molar-refractivity contribution < 1.29 is 23.4 Å². The molecule has 2 fully saturated rings. The number of nitrogens with zero attached hydrogens (tertiary/aromatic N) is 3. The van der Waals surface area contributed by atoms with Gasteiger partial charge in [-0.1, -0.05) is 12.5 Å². The maximum absolute atomic E-state index is 13.6. The van der Waals surface area contributed by atoms with Crippen molar-refractivity contribution in [3.05, 3.63) is 47.2 Å². The number of methoxy groups -OCH3 is 2. The molecule has 2 unspecified atom stereocenters. The van der Waals surface area contributed by atoms with Gasteiger partial charge in [0, 0.05) is 37.7 Å². The second-order valence-electron chi connectivity index (χ2n) is 7.87. The van der Waals surface area contributed by atoms with Crippen molar-refractivity contribution in [3.8, 4) is 11.9 Å². The van der Waals surface area contributed by atoms with Crippen LogP contribution in [0.5, 0.6) is 11.9 Å². The molecule has 1 aliphatic carbocycles. The van der Waals surface area contributed by atoms with E-state index in [2.05, 4.69) is 14.9 Å². The normalized spacial score (nSPS) is 26.9. The van der Waals surface area contributed by atoms with E-state index >= 15 is 0 Å². The average molecular weight is 405 g/mol. The second-order valence-corrected chi connectivity index (χ2v) is 7.87. The van der Waals surface area contributed by atoms with Gasteiger partial charge in [-0.05, 0) is 30.5 Å². The van der Waals surface area contributed by atoms with E-state index in [9.17, 15) is 13.9 Å². The van der Waals surface area contributed by atoms with Crippen LogP contribution in [0.15, 0.2) is 24.4 Å². The zero-order valence-electron chi connectivity index (χ0n) is 16.6. The van der Waals surface area contributed by atoms with E-state index in [1.165, 1.54) is 20.3 Å². The number of ether oxygens (including phenoxy) is 2. The standard InChI is InChI=1S/C21H25F2N3O3/c1-28-19-16(9-24-20(25-19)29-2)21(27)14-4-3-5-15(21)12-26(11-14)10-13-6-7-17(22)18(23)8-13/h6-9,14-15,27H,3-5,10-12H2,1-2H3. The van der Waals surface area contributed by atoms with Gasteiger partial charge in [-0.2, -0.15) is 4.98 Å². The first-order valence-corrected chi connectivity index (χ1v) is 9.79. The molecule has 1 N–H and O–H groups in total. The molecule has 2 atom stereocenters. The summed E-state index contributed by atoms with van der Waals surface area (Å²) in [5, 5.41) is 11.8. The van der Waals surface area contributed by atoms with Crippen LogP contribution in [0.2, 0.25) is 0 Å². The second kappa shape index (κ2) is 7.84. The molecule has 2 aliphatic rings. The summed E-state index contributed by atoms with van der Waals surface area (Å²) in [5.74, 6) is -1.43. The number of halogens is 2. The molecule has 1 saturated carbocycles. The Morgan fingerprint density at radius 1 is 1.14 bits per heavy atom. The van der Waals surface area contributed by atoms with E-state index in [0.717, 1.165) is 30.9 Å². The zero-order valence-corrected chi connectivity index (χ0v) is 16.6. The number of likely N-dealkylation sites (tertiary alicyclic amines) is 1. The van der Waals surface area contributed by atoms with Crippen molar-refractivity contribution >= 4 is 0 Å². The lowest BCUT2D eigenvalue weighted by atomic mass is 9.63. The van der Waals surface area contributed by atoms with Gasteiger partial charge in [0.1, 0.15) is 5.60 Å². The lowest BCUT2D eigenvalue weighted by molar-refractivity contribution is -0.149. The number of piperidine rings is 1. The summed E-state index contributed by atoms with van der Waals surface area (Å²) in [6.07, 6.45) is 4.35. The summed E-state index contributed by atoms with van der Waals surface area (Å²) in [6, 6.07) is 4.20. The molecule has 156 valence electrons. The topological polar surface area (TPSA) is 67.7 Å². The summed E-state index contributed by atoms with van der Waals surface area (Å²) in [5.41, 5.74) is 0.209. The molecule has 4 rings (SSSR count). The molecule has 1 aromatic carbocycles. The number of aliphatic hydroxyl groups is 1. The average Bonchev–Trinajstić information content (AvgIpc) is 2.71. The summed E-state index contributed by atoms with van der Waals surface area (Å²) >= 11 is 0. The minimum absolute atomic E-state index is 0.0359. The van der Waals surface area contributed by atoms with Gasteiger partial charge in [-0.3, -0.25) is 4.90 Å². The quantitative estimate of drug-likeness (QED) is 0.825. The molecule has 6 nitrogen and oxygen atoms in total. The molecule has 1 aliphatic heterocycles. The summed E-state index contributed by atoms with van der Waals surface area (Å²) < 4.78 is 37.3. The van der Waals surface area contributed by atoms with E-state index in [0.29, 0.717) is 31.1 Å². The van der Waals surface area contributed by atoms with Crippen LogP contribution in [0.25, 0.3) is 0 Å². The maximum Gasteiger partial charge on any atom is 0.319 e. The van der Waals surface area contributed by atoms with Crippen molar-refractivity contribution in [1.82, 2.24) is 14.9 Å². The SMILES string of the molecule is COc1ncc(C2(O)C3CCCC2CN(Cc2ccc(F)c(F)c2)C3)c(OC)n1. The molecular weight excluding hydrogens is 380 g/mol. The molecule has 0 spiro atoms. The minimum atomic E-state index is -1.10. The largest absolute Gasteiger partial charge is 0.481 e. The van der Waals surface area contributed by atoms with Gasteiger partial charge in [0.05, 0.1) is 19.8 Å². The molecule has 29 heavy (non-hydrogen) atoms. The van der Waals surface area contributed by atoms with Crippen LogP contribution in [0, 0.1) is 23.5 Å². The van der Waals surface area contributed by atoms with Crippen molar-refractivity contribution in [3.63, 3.8) is 0 Å². The lowest BCUT2D eigenvalue weighted by Crippen LogP contribution is -2.58. The molecule has 1 saturated heterocycles. The highest BCUT2D eigenvalue weighted by molar-refractivity contribution is 5.34. The Labute approximate surface area is 168 Å². The van der Waals surface area contributed by atoms with Crippen LogP contribution in [0.3, 0.4) is 0 Å². The van der Waals surface area contributed by atoms with Crippen molar-refractivity contribution in [2.45, 2.75) is 31.4 Å². The van der Waals surface area contributed by atoms with Crippen molar-refractivity contribution in [1.29, 1.82) is 0 Å². The molecule has 1 aromatic heterocycles. The predicted octanol–water partition coefficient (Wildman–Crippen LogP) is 2.89. The molecule has 2 bridgehead atoms. The third kappa shape index (κ3) is 3.55. The number of hydrogen-bond donors (Lipinski definition) is 1. The number of fused-ring (bicyclic) bond motifs is 2. The van der Waals surface area contributed by atoms with Crippen LogP contribution in [-0.2, 0) is 12.1 Å².